The number of carbonyl (C=O) groups is 2. The van der Waals surface area contributed by atoms with Crippen LogP contribution >= 0.6 is 0 Å². The molecule has 11 heteroatoms. The highest BCUT2D eigenvalue weighted by molar-refractivity contribution is 7.92. The molecule has 200 valence electrons. The average Bonchev–Trinajstić information content (AvgIpc) is 2.89. The van der Waals surface area contributed by atoms with E-state index in [2.05, 4.69) is 10.5 Å². The van der Waals surface area contributed by atoms with Crippen molar-refractivity contribution in [1.29, 1.82) is 0 Å². The fraction of sp³-hybridized carbons (Fsp3) is 0.423. The number of piperidine rings is 1. The number of hydrogen-bond acceptors (Lipinski definition) is 7. The lowest BCUT2D eigenvalue weighted by Crippen LogP contribution is -2.46. The number of anilines is 1. The Balaban J connectivity index is 1.55. The number of benzene rings is 2. The number of rotatable bonds is 11. The van der Waals surface area contributed by atoms with Crippen LogP contribution in [0.4, 0.5) is 5.69 Å². The Morgan fingerprint density at radius 2 is 1.62 bits per heavy atom. The van der Waals surface area contributed by atoms with Crippen molar-refractivity contribution in [3.63, 3.8) is 0 Å². The first-order valence-electron chi connectivity index (χ1n) is 12.2. The SMILES string of the molecule is CCOc1ccc(N(C(C)C(=O)N/N=C/c2ccc(OCC(=O)N3CCCCC3)cc2)S(C)(=O)=O)cc1. The molecule has 0 aliphatic carbocycles. The largest absolute Gasteiger partial charge is 0.494 e. The normalized spacial score (nSPS) is 14.7. The summed E-state index contributed by atoms with van der Waals surface area (Å²) in [6.45, 7) is 5.38. The van der Waals surface area contributed by atoms with Gasteiger partial charge in [-0.2, -0.15) is 5.10 Å². The number of amides is 2. The Morgan fingerprint density at radius 3 is 2.22 bits per heavy atom. The molecule has 0 aromatic heterocycles. The lowest BCUT2D eigenvalue weighted by molar-refractivity contribution is -0.134. The lowest BCUT2D eigenvalue weighted by atomic mass is 10.1. The summed E-state index contributed by atoms with van der Waals surface area (Å²) in [6, 6.07) is 12.3. The van der Waals surface area contributed by atoms with E-state index in [0.717, 1.165) is 42.9 Å². The summed E-state index contributed by atoms with van der Waals surface area (Å²) in [5, 5.41) is 3.96. The van der Waals surface area contributed by atoms with Gasteiger partial charge in [-0.05, 0) is 87.2 Å². The van der Waals surface area contributed by atoms with Gasteiger partial charge in [0.1, 0.15) is 17.5 Å². The molecule has 2 aromatic rings. The van der Waals surface area contributed by atoms with E-state index in [-0.39, 0.29) is 12.5 Å². The minimum absolute atomic E-state index is 0.00737. The van der Waals surface area contributed by atoms with Gasteiger partial charge in [0.2, 0.25) is 10.0 Å². The molecule has 1 fully saturated rings. The van der Waals surface area contributed by atoms with Crippen molar-refractivity contribution in [2.75, 3.05) is 36.9 Å². The second kappa shape index (κ2) is 13.1. The number of hydrazone groups is 1. The summed E-state index contributed by atoms with van der Waals surface area (Å²) in [5.41, 5.74) is 3.42. The predicted octanol–water partition coefficient (Wildman–Crippen LogP) is 2.78. The molecule has 0 spiro atoms. The first-order valence-corrected chi connectivity index (χ1v) is 14.1. The van der Waals surface area contributed by atoms with Crippen molar-refractivity contribution in [3.8, 4) is 11.5 Å². The van der Waals surface area contributed by atoms with Crippen LogP contribution in [-0.2, 0) is 19.6 Å². The zero-order chi connectivity index (χ0) is 26.8. The van der Waals surface area contributed by atoms with Crippen LogP contribution in [0.2, 0.25) is 0 Å². The van der Waals surface area contributed by atoms with Gasteiger partial charge in [-0.15, -0.1) is 0 Å². The Kier molecular flexibility index (Phi) is 9.90. The van der Waals surface area contributed by atoms with E-state index in [1.165, 1.54) is 13.1 Å². The third kappa shape index (κ3) is 8.21. The fourth-order valence-corrected chi connectivity index (χ4v) is 5.13. The van der Waals surface area contributed by atoms with E-state index in [4.69, 9.17) is 9.47 Å². The molecular formula is C26H34N4O6S. The monoisotopic (exact) mass is 530 g/mol. The summed E-state index contributed by atoms with van der Waals surface area (Å²) >= 11 is 0. The summed E-state index contributed by atoms with van der Waals surface area (Å²) in [7, 11) is -3.75. The maximum Gasteiger partial charge on any atom is 0.263 e. The van der Waals surface area contributed by atoms with Gasteiger partial charge in [0.15, 0.2) is 6.61 Å². The van der Waals surface area contributed by atoms with Gasteiger partial charge in [0, 0.05) is 13.1 Å². The molecule has 0 bridgehead atoms. The zero-order valence-corrected chi connectivity index (χ0v) is 22.2. The molecule has 1 heterocycles. The first kappa shape index (κ1) is 28.0. The molecule has 3 rings (SSSR count). The minimum atomic E-state index is -3.75. The van der Waals surface area contributed by atoms with Gasteiger partial charge in [-0.25, -0.2) is 13.8 Å². The van der Waals surface area contributed by atoms with Crippen molar-refractivity contribution in [2.45, 2.75) is 39.2 Å². The standard InChI is InChI=1S/C26H34N4O6S/c1-4-35-23-14-10-22(11-15-23)30(37(3,33)34)20(2)26(32)28-27-18-21-8-12-24(13-9-21)36-19-25(31)29-16-6-5-7-17-29/h8-15,18,20H,4-7,16-17,19H2,1-3H3,(H,28,32)/b27-18+. The van der Waals surface area contributed by atoms with Crippen molar-refractivity contribution >= 4 is 33.7 Å². The average molecular weight is 531 g/mol. The number of sulfonamides is 1. The fourth-order valence-electron chi connectivity index (χ4n) is 3.96. The van der Waals surface area contributed by atoms with Crippen LogP contribution in [0, 0.1) is 0 Å². The molecule has 2 amide bonds. The van der Waals surface area contributed by atoms with Crippen molar-refractivity contribution < 1.29 is 27.5 Å². The first-order chi connectivity index (χ1) is 17.7. The number of ether oxygens (including phenoxy) is 2. The van der Waals surface area contributed by atoms with Crippen LogP contribution in [0.25, 0.3) is 0 Å². The molecule has 1 unspecified atom stereocenters. The van der Waals surface area contributed by atoms with E-state index in [9.17, 15) is 18.0 Å². The Labute approximate surface area is 218 Å². The van der Waals surface area contributed by atoms with Crippen molar-refractivity contribution in [1.82, 2.24) is 10.3 Å². The Hall–Kier alpha value is -3.60. The molecule has 10 nitrogen and oxygen atoms in total. The maximum atomic E-state index is 12.7. The molecule has 1 N–H and O–H groups in total. The Morgan fingerprint density at radius 1 is 1.03 bits per heavy atom. The van der Waals surface area contributed by atoms with Crippen molar-refractivity contribution in [3.05, 3.63) is 54.1 Å². The second-order valence-corrected chi connectivity index (χ2v) is 10.6. The van der Waals surface area contributed by atoms with E-state index >= 15 is 0 Å². The minimum Gasteiger partial charge on any atom is -0.494 e. The summed E-state index contributed by atoms with van der Waals surface area (Å²) in [4.78, 5) is 26.7. The van der Waals surface area contributed by atoms with Gasteiger partial charge in [0.25, 0.3) is 11.8 Å². The van der Waals surface area contributed by atoms with Crippen LogP contribution in [0.3, 0.4) is 0 Å². The van der Waals surface area contributed by atoms with E-state index in [1.807, 2.05) is 11.8 Å². The Bertz CT molecular complexity index is 1180. The third-order valence-corrected chi connectivity index (χ3v) is 7.07. The van der Waals surface area contributed by atoms with Crippen LogP contribution in [0.1, 0.15) is 38.7 Å². The quantitative estimate of drug-likeness (QED) is 0.353. The van der Waals surface area contributed by atoms with Crippen LogP contribution in [-0.4, -0.2) is 69.9 Å². The highest BCUT2D eigenvalue weighted by atomic mass is 32.2. The van der Waals surface area contributed by atoms with Gasteiger partial charge in [0.05, 0.1) is 24.8 Å². The van der Waals surface area contributed by atoms with Gasteiger partial charge in [-0.1, -0.05) is 0 Å². The summed E-state index contributed by atoms with van der Waals surface area (Å²) in [5.74, 6) is 0.549. The van der Waals surface area contributed by atoms with Crippen molar-refractivity contribution in [2.24, 2.45) is 5.10 Å². The highest BCUT2D eigenvalue weighted by Crippen LogP contribution is 2.24. The second-order valence-electron chi connectivity index (χ2n) is 8.70. The van der Waals surface area contributed by atoms with Crippen LogP contribution < -0.4 is 19.2 Å². The van der Waals surface area contributed by atoms with Gasteiger partial charge >= 0.3 is 0 Å². The molecule has 1 saturated heterocycles. The molecule has 1 aliphatic rings. The summed E-state index contributed by atoms with van der Waals surface area (Å²) in [6.07, 6.45) is 5.70. The molecule has 0 radical (unpaired) electrons. The summed E-state index contributed by atoms with van der Waals surface area (Å²) < 4.78 is 36.9. The van der Waals surface area contributed by atoms with E-state index in [0.29, 0.717) is 29.4 Å². The number of carbonyl (C=O) groups excluding carboxylic acids is 2. The third-order valence-electron chi connectivity index (χ3n) is 5.83. The lowest BCUT2D eigenvalue weighted by Gasteiger charge is -2.27. The molecular weight excluding hydrogens is 496 g/mol. The van der Waals surface area contributed by atoms with E-state index in [1.54, 1.807) is 48.5 Å². The smallest absolute Gasteiger partial charge is 0.263 e. The molecule has 0 saturated carbocycles. The van der Waals surface area contributed by atoms with Crippen LogP contribution in [0.15, 0.2) is 53.6 Å². The number of nitrogens with zero attached hydrogens (tertiary/aromatic N) is 3. The highest BCUT2D eigenvalue weighted by Gasteiger charge is 2.29. The molecule has 1 aliphatic heterocycles. The topological polar surface area (TPSA) is 118 Å². The van der Waals surface area contributed by atoms with E-state index < -0.39 is 22.0 Å². The zero-order valence-electron chi connectivity index (χ0n) is 21.4. The molecule has 2 aromatic carbocycles. The number of nitrogens with one attached hydrogen (secondary N) is 1. The maximum absolute atomic E-state index is 12.7. The predicted molar refractivity (Wildman–Crippen MR) is 143 cm³/mol. The van der Waals surface area contributed by atoms with Gasteiger partial charge in [-0.3, -0.25) is 13.9 Å². The molecule has 37 heavy (non-hydrogen) atoms. The molecule has 1 atom stereocenters. The number of hydrogen-bond donors (Lipinski definition) is 1. The number of likely N-dealkylation sites (tertiary alicyclic amines) is 1. The van der Waals surface area contributed by atoms with Gasteiger partial charge < -0.3 is 14.4 Å². The van der Waals surface area contributed by atoms with Crippen LogP contribution in [0.5, 0.6) is 11.5 Å².